The van der Waals surface area contributed by atoms with Gasteiger partial charge in [-0.15, -0.1) is 0 Å². The molecule has 1 heterocycles. The molecular weight excluding hydrogens is 216 g/mol. The van der Waals surface area contributed by atoms with Crippen LogP contribution in [0.5, 0.6) is 0 Å². The van der Waals surface area contributed by atoms with E-state index in [9.17, 15) is 4.79 Å². The van der Waals surface area contributed by atoms with Gasteiger partial charge in [-0.1, -0.05) is 12.1 Å². The van der Waals surface area contributed by atoms with Gasteiger partial charge in [0.05, 0.1) is 0 Å². The van der Waals surface area contributed by atoms with Crippen LogP contribution in [0.15, 0.2) is 35.0 Å². The smallest absolute Gasteiger partial charge is 0.363 e. The second kappa shape index (κ2) is 4.41. The maximum atomic E-state index is 11.4. The lowest BCUT2D eigenvalue weighted by molar-refractivity contribution is -0.130. The van der Waals surface area contributed by atoms with E-state index >= 15 is 0 Å². The van der Waals surface area contributed by atoms with E-state index in [1.807, 2.05) is 43.3 Å². The van der Waals surface area contributed by atoms with E-state index < -0.39 is 0 Å². The van der Waals surface area contributed by atoms with Crippen LogP contribution in [0.2, 0.25) is 0 Å². The highest BCUT2D eigenvalue weighted by Crippen LogP contribution is 2.18. The number of hydrogen-bond donors (Lipinski definition) is 0. The Labute approximate surface area is 100 Å². The summed E-state index contributed by atoms with van der Waals surface area (Å²) in [5.41, 5.74) is 2.39. The minimum absolute atomic E-state index is 0.347. The Morgan fingerprint density at radius 2 is 1.88 bits per heavy atom. The van der Waals surface area contributed by atoms with Gasteiger partial charge < -0.3 is 9.64 Å². The monoisotopic (exact) mass is 230 g/mol. The second-order valence-corrected chi connectivity index (χ2v) is 4.04. The molecular formula is C13H14N2O2. The number of benzene rings is 1. The highest BCUT2D eigenvalue weighted by atomic mass is 16.6. The lowest BCUT2D eigenvalue weighted by Crippen LogP contribution is -2.07. The fourth-order valence-corrected chi connectivity index (χ4v) is 1.54. The Kier molecular flexibility index (Phi) is 2.95. The van der Waals surface area contributed by atoms with Gasteiger partial charge in [0.25, 0.3) is 0 Å². The number of carbonyl (C=O) groups excluding carboxylic acids is 1. The molecule has 0 fully saturated rings. The molecule has 0 atom stereocenters. The van der Waals surface area contributed by atoms with Gasteiger partial charge in [-0.25, -0.2) is 9.79 Å². The van der Waals surface area contributed by atoms with Crippen LogP contribution in [0.25, 0.3) is 6.08 Å². The number of cyclic esters (lactones) is 1. The summed E-state index contributed by atoms with van der Waals surface area (Å²) in [6, 6.07) is 7.87. The highest BCUT2D eigenvalue weighted by Gasteiger charge is 2.19. The molecule has 0 aromatic heterocycles. The van der Waals surface area contributed by atoms with Gasteiger partial charge in [0.1, 0.15) is 0 Å². The topological polar surface area (TPSA) is 41.9 Å². The highest BCUT2D eigenvalue weighted by molar-refractivity contribution is 6.06. The normalized spacial score (nSPS) is 17.0. The van der Waals surface area contributed by atoms with Gasteiger partial charge in [-0.2, -0.15) is 0 Å². The summed E-state index contributed by atoms with van der Waals surface area (Å²) in [5.74, 6) is 0.00495. The van der Waals surface area contributed by atoms with E-state index in [4.69, 9.17) is 4.74 Å². The van der Waals surface area contributed by atoms with Gasteiger partial charge >= 0.3 is 5.97 Å². The van der Waals surface area contributed by atoms with Crippen molar-refractivity contribution in [2.45, 2.75) is 6.92 Å². The van der Waals surface area contributed by atoms with Gasteiger partial charge in [-0.05, 0) is 23.8 Å². The zero-order chi connectivity index (χ0) is 12.4. The molecule has 0 bridgehead atoms. The maximum Gasteiger partial charge on any atom is 0.363 e. The lowest BCUT2D eigenvalue weighted by Gasteiger charge is -2.11. The number of ether oxygens (including phenoxy) is 1. The van der Waals surface area contributed by atoms with Crippen molar-refractivity contribution in [1.82, 2.24) is 0 Å². The van der Waals surface area contributed by atoms with Crippen molar-refractivity contribution in [3.63, 3.8) is 0 Å². The quantitative estimate of drug-likeness (QED) is 0.577. The fraction of sp³-hybridized carbons (Fsp3) is 0.231. The van der Waals surface area contributed by atoms with Crippen LogP contribution in [-0.2, 0) is 9.53 Å². The van der Waals surface area contributed by atoms with Gasteiger partial charge in [0, 0.05) is 26.7 Å². The number of nitrogens with zero attached hydrogens (tertiary/aromatic N) is 2. The number of hydrogen-bond acceptors (Lipinski definition) is 4. The first-order chi connectivity index (χ1) is 8.06. The van der Waals surface area contributed by atoms with Crippen LogP contribution >= 0.6 is 0 Å². The molecule has 1 aliphatic heterocycles. The van der Waals surface area contributed by atoms with Crippen LogP contribution in [0.4, 0.5) is 5.69 Å². The molecule has 0 spiro atoms. The summed E-state index contributed by atoms with van der Waals surface area (Å²) in [7, 11) is 3.96. The fourth-order valence-electron chi connectivity index (χ4n) is 1.54. The first-order valence-corrected chi connectivity index (χ1v) is 5.33. The summed E-state index contributed by atoms with van der Waals surface area (Å²) < 4.78 is 4.84. The standard InChI is InChI=1S/C13H14N2O2/c1-9-14-12(13(16)17-9)8-10-4-6-11(7-5-10)15(2)3/h4-8H,1-3H3. The average Bonchev–Trinajstić information content (AvgIpc) is 2.58. The molecule has 1 aromatic carbocycles. The van der Waals surface area contributed by atoms with E-state index in [2.05, 4.69) is 4.99 Å². The zero-order valence-electron chi connectivity index (χ0n) is 10.1. The molecule has 17 heavy (non-hydrogen) atoms. The predicted octanol–water partition coefficient (Wildman–Crippen LogP) is 2.07. The summed E-state index contributed by atoms with van der Waals surface area (Å²) in [6.45, 7) is 1.66. The molecule has 2 rings (SSSR count). The van der Waals surface area contributed by atoms with Crippen LogP contribution in [0.1, 0.15) is 12.5 Å². The van der Waals surface area contributed by atoms with Crippen molar-refractivity contribution < 1.29 is 9.53 Å². The number of esters is 1. The van der Waals surface area contributed by atoms with E-state index in [0.717, 1.165) is 11.3 Å². The third-order valence-electron chi connectivity index (χ3n) is 2.44. The molecule has 0 aliphatic carbocycles. The molecule has 0 unspecified atom stereocenters. The third kappa shape index (κ3) is 2.53. The lowest BCUT2D eigenvalue weighted by atomic mass is 10.1. The molecule has 1 aliphatic rings. The third-order valence-corrected chi connectivity index (χ3v) is 2.44. The van der Waals surface area contributed by atoms with Crippen LogP contribution < -0.4 is 4.90 Å². The van der Waals surface area contributed by atoms with Crippen LogP contribution in [0.3, 0.4) is 0 Å². The van der Waals surface area contributed by atoms with Crippen molar-refractivity contribution in [2.24, 2.45) is 4.99 Å². The van der Waals surface area contributed by atoms with E-state index in [0.29, 0.717) is 11.6 Å². The summed E-state index contributed by atoms with van der Waals surface area (Å²) in [6.07, 6.45) is 1.72. The number of aliphatic imine (C=N–C) groups is 1. The first-order valence-electron chi connectivity index (χ1n) is 5.33. The second-order valence-electron chi connectivity index (χ2n) is 4.04. The summed E-state index contributed by atoms with van der Waals surface area (Å²) in [5, 5.41) is 0. The van der Waals surface area contributed by atoms with E-state index in [1.54, 1.807) is 13.0 Å². The Balaban J connectivity index is 2.25. The Hall–Kier alpha value is -2.10. The van der Waals surface area contributed by atoms with Gasteiger partial charge in [0.2, 0.25) is 0 Å². The molecule has 4 nitrogen and oxygen atoms in total. The SMILES string of the molecule is CC1=NC(=Cc2ccc(N(C)C)cc2)C(=O)O1. The number of carbonyl (C=O) groups is 1. The Morgan fingerprint density at radius 3 is 2.35 bits per heavy atom. The van der Waals surface area contributed by atoms with Crippen molar-refractivity contribution in [2.75, 3.05) is 19.0 Å². The van der Waals surface area contributed by atoms with Crippen molar-refractivity contribution in [1.29, 1.82) is 0 Å². The van der Waals surface area contributed by atoms with Gasteiger partial charge in [0.15, 0.2) is 11.6 Å². The average molecular weight is 230 g/mol. The van der Waals surface area contributed by atoms with Crippen molar-refractivity contribution in [3.05, 3.63) is 35.5 Å². The Bertz CT molecular complexity index is 499. The largest absolute Gasteiger partial charge is 0.407 e. The van der Waals surface area contributed by atoms with E-state index in [-0.39, 0.29) is 5.97 Å². The predicted molar refractivity (Wildman–Crippen MR) is 67.9 cm³/mol. The molecule has 0 N–H and O–H groups in total. The molecule has 0 radical (unpaired) electrons. The number of anilines is 1. The molecule has 1 aromatic rings. The molecule has 88 valence electrons. The van der Waals surface area contributed by atoms with Gasteiger partial charge in [-0.3, -0.25) is 0 Å². The molecule has 0 saturated heterocycles. The van der Waals surface area contributed by atoms with Crippen LogP contribution in [0, 0.1) is 0 Å². The minimum atomic E-state index is -0.390. The minimum Gasteiger partial charge on any atom is -0.407 e. The number of rotatable bonds is 2. The van der Waals surface area contributed by atoms with Crippen LogP contribution in [-0.4, -0.2) is 26.0 Å². The molecule has 4 heteroatoms. The molecule has 0 saturated carbocycles. The first kappa shape index (κ1) is 11.4. The Morgan fingerprint density at radius 1 is 1.24 bits per heavy atom. The molecule has 0 amide bonds. The summed E-state index contributed by atoms with van der Waals surface area (Å²) in [4.78, 5) is 17.4. The van der Waals surface area contributed by atoms with E-state index in [1.165, 1.54) is 0 Å². The maximum absolute atomic E-state index is 11.4. The van der Waals surface area contributed by atoms with Crippen molar-refractivity contribution >= 4 is 23.6 Å². The van der Waals surface area contributed by atoms with Crippen molar-refractivity contribution in [3.8, 4) is 0 Å². The zero-order valence-corrected chi connectivity index (χ0v) is 10.1. The summed E-state index contributed by atoms with van der Waals surface area (Å²) >= 11 is 0.